The van der Waals surface area contributed by atoms with E-state index in [0.29, 0.717) is 0 Å². The van der Waals surface area contributed by atoms with Crippen LogP contribution in [0.5, 0.6) is 0 Å². The van der Waals surface area contributed by atoms with Gasteiger partial charge in [-0.05, 0) is 172 Å². The van der Waals surface area contributed by atoms with Gasteiger partial charge in [-0.2, -0.15) is 0 Å². The fourth-order valence-electron chi connectivity index (χ4n) is 5.62. The van der Waals surface area contributed by atoms with Gasteiger partial charge < -0.3 is 9.80 Å². The second kappa shape index (κ2) is 13.1. The van der Waals surface area contributed by atoms with Crippen molar-refractivity contribution >= 4 is 45.9 Å². The highest BCUT2D eigenvalue weighted by atomic mass is 32.2. The molecule has 3 heteroatoms. The minimum Gasteiger partial charge on any atom is -0.310 e. The largest absolute Gasteiger partial charge is 0.310 e. The molecule has 45 heavy (non-hydrogen) atoms. The lowest BCUT2D eigenvalue weighted by Gasteiger charge is -2.27. The predicted molar refractivity (Wildman–Crippen MR) is 195 cm³/mol. The fraction of sp³-hybridized carbons (Fsp3) is 0.143. The molecule has 0 unspecified atom stereocenters. The van der Waals surface area contributed by atoms with Crippen LogP contribution < -0.4 is 9.80 Å². The highest BCUT2D eigenvalue weighted by molar-refractivity contribution is 7.99. The fourth-order valence-corrected chi connectivity index (χ4v) is 6.44. The number of aryl methyl sites for hydroxylation is 6. The van der Waals surface area contributed by atoms with Crippen molar-refractivity contribution in [2.45, 2.75) is 51.3 Å². The second-order valence-electron chi connectivity index (χ2n) is 12.0. The van der Waals surface area contributed by atoms with Crippen LogP contribution in [0.1, 0.15) is 33.4 Å². The van der Waals surface area contributed by atoms with Crippen LogP contribution in [0.2, 0.25) is 0 Å². The monoisotopic (exact) mass is 604 g/mol. The van der Waals surface area contributed by atoms with Crippen LogP contribution in [0.3, 0.4) is 0 Å². The van der Waals surface area contributed by atoms with Crippen molar-refractivity contribution < 1.29 is 0 Å². The van der Waals surface area contributed by atoms with Crippen LogP contribution in [0, 0.1) is 41.5 Å². The Balaban J connectivity index is 1.27. The third-order valence-corrected chi connectivity index (χ3v) is 9.46. The standard InChI is InChI=1S/C42H40N2S/c1-29-9-7-11-37(25-29)43(39-15-13-31(3)33(5)27-39)35-17-21-41(22-18-35)45-42-23-19-36(20-24-42)44(38-12-8-10-30(2)26-38)40-16-14-32(4)34(6)28-40/h7-28H,1-6H3. The van der Waals surface area contributed by atoms with Gasteiger partial charge in [-0.1, -0.05) is 48.2 Å². The van der Waals surface area contributed by atoms with Gasteiger partial charge in [0.15, 0.2) is 0 Å². The van der Waals surface area contributed by atoms with Crippen LogP contribution >= 0.6 is 11.8 Å². The second-order valence-corrected chi connectivity index (χ2v) is 13.1. The molecule has 0 spiro atoms. The molecule has 6 aromatic carbocycles. The first kappa shape index (κ1) is 30.3. The topological polar surface area (TPSA) is 6.48 Å². The number of nitrogens with zero attached hydrogens (tertiary/aromatic N) is 2. The molecule has 0 fully saturated rings. The van der Waals surface area contributed by atoms with Crippen molar-refractivity contribution in [1.29, 1.82) is 0 Å². The van der Waals surface area contributed by atoms with Gasteiger partial charge >= 0.3 is 0 Å². The SMILES string of the molecule is Cc1cccc(N(c2ccc(Sc3ccc(N(c4cccc(C)c4)c4ccc(C)c(C)c4)cc3)cc2)c2ccc(C)c(C)c2)c1. The molecule has 0 aromatic heterocycles. The molecular formula is C42H40N2S. The lowest BCUT2D eigenvalue weighted by atomic mass is 10.1. The predicted octanol–water partition coefficient (Wildman–Crippen LogP) is 12.6. The summed E-state index contributed by atoms with van der Waals surface area (Å²) in [6.07, 6.45) is 0. The summed E-state index contributed by atoms with van der Waals surface area (Å²) < 4.78 is 0. The van der Waals surface area contributed by atoms with Crippen molar-refractivity contribution in [3.8, 4) is 0 Å². The third-order valence-electron chi connectivity index (χ3n) is 8.44. The lowest BCUT2D eigenvalue weighted by Crippen LogP contribution is -2.10. The van der Waals surface area contributed by atoms with E-state index in [0.717, 1.165) is 22.7 Å². The van der Waals surface area contributed by atoms with Gasteiger partial charge in [0.1, 0.15) is 0 Å². The van der Waals surface area contributed by atoms with E-state index in [-0.39, 0.29) is 0 Å². The summed E-state index contributed by atoms with van der Waals surface area (Å²) in [7, 11) is 0. The number of hydrogen-bond donors (Lipinski definition) is 0. The summed E-state index contributed by atoms with van der Waals surface area (Å²) >= 11 is 1.79. The van der Waals surface area contributed by atoms with Gasteiger partial charge in [-0.15, -0.1) is 0 Å². The molecule has 0 amide bonds. The Kier molecular flexibility index (Phi) is 8.82. The summed E-state index contributed by atoms with van der Waals surface area (Å²) in [5, 5.41) is 0. The molecule has 224 valence electrons. The first-order valence-corrected chi connectivity index (χ1v) is 16.3. The van der Waals surface area contributed by atoms with Gasteiger partial charge in [0.25, 0.3) is 0 Å². The van der Waals surface area contributed by atoms with Crippen LogP contribution in [0.15, 0.2) is 143 Å². The molecule has 0 N–H and O–H groups in total. The molecule has 2 nitrogen and oxygen atoms in total. The molecule has 0 bridgehead atoms. The Morgan fingerprint density at radius 1 is 0.333 bits per heavy atom. The molecule has 0 heterocycles. The Labute approximate surface area is 273 Å². The molecule has 0 radical (unpaired) electrons. The van der Waals surface area contributed by atoms with E-state index < -0.39 is 0 Å². The van der Waals surface area contributed by atoms with E-state index in [4.69, 9.17) is 0 Å². The van der Waals surface area contributed by atoms with Gasteiger partial charge in [0.2, 0.25) is 0 Å². The number of benzene rings is 6. The Morgan fingerprint density at radius 2 is 0.689 bits per heavy atom. The van der Waals surface area contributed by atoms with Gasteiger partial charge in [-0.25, -0.2) is 0 Å². The summed E-state index contributed by atoms with van der Waals surface area (Å²) in [6.45, 7) is 13.0. The van der Waals surface area contributed by atoms with Gasteiger partial charge in [-0.3, -0.25) is 0 Å². The van der Waals surface area contributed by atoms with Crippen LogP contribution in [0.25, 0.3) is 0 Å². The zero-order chi connectivity index (χ0) is 31.5. The van der Waals surface area contributed by atoms with E-state index in [1.807, 2.05) is 0 Å². The number of hydrogen-bond acceptors (Lipinski definition) is 3. The van der Waals surface area contributed by atoms with Gasteiger partial charge in [0, 0.05) is 43.9 Å². The van der Waals surface area contributed by atoms with E-state index in [2.05, 4.69) is 185 Å². The minimum absolute atomic E-state index is 1.14. The third kappa shape index (κ3) is 6.84. The molecule has 6 aromatic rings. The quantitative estimate of drug-likeness (QED) is 0.171. The molecule has 0 aliphatic rings. The van der Waals surface area contributed by atoms with Crippen LogP contribution in [0.4, 0.5) is 34.1 Å². The Bertz CT molecular complexity index is 1800. The van der Waals surface area contributed by atoms with Crippen LogP contribution in [-0.2, 0) is 0 Å². The maximum Gasteiger partial charge on any atom is 0.0464 e. The average molecular weight is 605 g/mol. The molecule has 0 saturated heterocycles. The maximum absolute atomic E-state index is 2.34. The highest BCUT2D eigenvalue weighted by Crippen LogP contribution is 2.40. The van der Waals surface area contributed by atoms with Crippen molar-refractivity contribution in [2.75, 3.05) is 9.80 Å². The van der Waals surface area contributed by atoms with Crippen molar-refractivity contribution in [1.82, 2.24) is 0 Å². The zero-order valence-corrected chi connectivity index (χ0v) is 27.8. The van der Waals surface area contributed by atoms with Crippen molar-refractivity contribution in [3.63, 3.8) is 0 Å². The van der Waals surface area contributed by atoms with Crippen LogP contribution in [-0.4, -0.2) is 0 Å². The van der Waals surface area contributed by atoms with Crippen molar-refractivity contribution in [2.24, 2.45) is 0 Å². The van der Waals surface area contributed by atoms with E-state index in [1.54, 1.807) is 11.8 Å². The first-order valence-electron chi connectivity index (χ1n) is 15.5. The molecule has 0 aliphatic carbocycles. The summed E-state index contributed by atoms with van der Waals surface area (Å²) in [6, 6.07) is 48.7. The average Bonchev–Trinajstić information content (AvgIpc) is 3.03. The first-order chi connectivity index (χ1) is 21.7. The normalized spacial score (nSPS) is 11.0. The molecule has 0 atom stereocenters. The van der Waals surface area contributed by atoms with Gasteiger partial charge in [0.05, 0.1) is 0 Å². The summed E-state index contributed by atoms with van der Waals surface area (Å²) in [5.74, 6) is 0. The van der Waals surface area contributed by atoms with E-state index in [1.165, 1.54) is 54.5 Å². The highest BCUT2D eigenvalue weighted by Gasteiger charge is 2.15. The summed E-state index contributed by atoms with van der Waals surface area (Å²) in [4.78, 5) is 7.10. The lowest BCUT2D eigenvalue weighted by molar-refractivity contribution is 1.23. The number of rotatable bonds is 8. The van der Waals surface area contributed by atoms with E-state index >= 15 is 0 Å². The molecule has 0 saturated carbocycles. The van der Waals surface area contributed by atoms with E-state index in [9.17, 15) is 0 Å². The van der Waals surface area contributed by atoms with Crippen molar-refractivity contribution in [3.05, 3.63) is 167 Å². The molecular weight excluding hydrogens is 565 g/mol. The zero-order valence-electron chi connectivity index (χ0n) is 27.0. The minimum atomic E-state index is 1.14. The maximum atomic E-state index is 2.34. The molecule has 6 rings (SSSR count). The Morgan fingerprint density at radius 3 is 1.04 bits per heavy atom. The smallest absolute Gasteiger partial charge is 0.0464 e. The number of anilines is 6. The Hall–Kier alpha value is -4.73. The summed E-state index contributed by atoms with van der Waals surface area (Å²) in [5.41, 5.74) is 14.6. The molecule has 0 aliphatic heterocycles.